The fourth-order valence-corrected chi connectivity index (χ4v) is 2.29. The molecule has 2 nitrogen and oxygen atoms in total. The summed E-state index contributed by atoms with van der Waals surface area (Å²) in [4.78, 5) is 0. The molecular weight excluding hydrogens is 310 g/mol. The lowest BCUT2D eigenvalue weighted by atomic mass is 10.1. The minimum Gasteiger partial charge on any atom is -0.454 e. The van der Waals surface area contributed by atoms with E-state index in [0.29, 0.717) is 17.9 Å². The van der Waals surface area contributed by atoms with Crippen LogP contribution in [0.4, 0.5) is 8.78 Å². The highest BCUT2D eigenvalue weighted by molar-refractivity contribution is 5.45. The van der Waals surface area contributed by atoms with Gasteiger partial charge in [0.05, 0.1) is 0 Å². The molecule has 0 aromatic heterocycles. The van der Waals surface area contributed by atoms with Crippen molar-refractivity contribution in [3.63, 3.8) is 0 Å². The molecule has 0 N–H and O–H groups in total. The Balaban J connectivity index is 1.91. The summed E-state index contributed by atoms with van der Waals surface area (Å²) in [5.74, 6) is 0.266. The molecular formula is C20H16F2O2. The fourth-order valence-electron chi connectivity index (χ4n) is 2.29. The third-order valence-electron chi connectivity index (χ3n) is 3.54. The molecule has 0 unspecified atom stereocenters. The van der Waals surface area contributed by atoms with E-state index in [-0.39, 0.29) is 11.5 Å². The Kier molecular flexibility index (Phi) is 4.75. The number of hydrogen-bond donors (Lipinski definition) is 0. The van der Waals surface area contributed by atoms with Gasteiger partial charge in [-0.3, -0.25) is 0 Å². The second-order valence-corrected chi connectivity index (χ2v) is 5.19. The lowest BCUT2D eigenvalue weighted by Crippen LogP contribution is -1.94. The van der Waals surface area contributed by atoms with Gasteiger partial charge in [0.25, 0.3) is 0 Å². The van der Waals surface area contributed by atoms with Gasteiger partial charge in [0, 0.05) is 6.07 Å². The van der Waals surface area contributed by atoms with E-state index in [4.69, 9.17) is 9.47 Å². The molecule has 0 atom stereocenters. The van der Waals surface area contributed by atoms with Gasteiger partial charge in [-0.05, 0) is 42.3 Å². The van der Waals surface area contributed by atoms with Crippen LogP contribution in [0, 0.1) is 11.6 Å². The fraction of sp³-hybridized carbons (Fsp3) is 0.100. The van der Waals surface area contributed by atoms with Crippen LogP contribution in [0.1, 0.15) is 12.5 Å². The largest absolute Gasteiger partial charge is 0.454 e. The first-order valence-electron chi connectivity index (χ1n) is 7.65. The zero-order valence-corrected chi connectivity index (χ0v) is 13.1. The predicted octanol–water partition coefficient (Wildman–Crippen LogP) is 6.11. The number of hydrogen-bond acceptors (Lipinski definition) is 2. The van der Waals surface area contributed by atoms with E-state index in [1.807, 2.05) is 13.0 Å². The first-order chi connectivity index (χ1) is 11.7. The van der Waals surface area contributed by atoms with E-state index < -0.39 is 11.6 Å². The molecule has 3 aromatic rings. The molecule has 122 valence electrons. The van der Waals surface area contributed by atoms with Crippen LogP contribution in [0.15, 0.2) is 66.7 Å². The van der Waals surface area contributed by atoms with E-state index in [2.05, 4.69) is 0 Å². The standard InChI is InChI=1S/C20H16F2O2/c1-2-14-11-12-15(23-18-9-5-3-7-16(18)21)13-20(14)24-19-10-6-4-8-17(19)22/h3-13H,2H2,1H3. The van der Waals surface area contributed by atoms with Crippen molar-refractivity contribution in [3.8, 4) is 23.0 Å². The minimum atomic E-state index is -0.450. The molecule has 0 saturated heterocycles. The topological polar surface area (TPSA) is 18.5 Å². The quantitative estimate of drug-likeness (QED) is 0.563. The zero-order chi connectivity index (χ0) is 16.9. The zero-order valence-electron chi connectivity index (χ0n) is 13.1. The van der Waals surface area contributed by atoms with Gasteiger partial charge < -0.3 is 9.47 Å². The van der Waals surface area contributed by atoms with Gasteiger partial charge in [-0.2, -0.15) is 0 Å². The summed E-state index contributed by atoms with van der Waals surface area (Å²) in [5, 5.41) is 0. The lowest BCUT2D eigenvalue weighted by molar-refractivity contribution is 0.422. The van der Waals surface area contributed by atoms with E-state index >= 15 is 0 Å². The molecule has 0 bridgehead atoms. The van der Waals surface area contributed by atoms with E-state index in [9.17, 15) is 8.78 Å². The normalized spacial score (nSPS) is 10.5. The van der Waals surface area contributed by atoms with Crippen LogP contribution in [0.3, 0.4) is 0 Å². The lowest BCUT2D eigenvalue weighted by Gasteiger charge is -2.13. The molecule has 3 aromatic carbocycles. The molecule has 0 fully saturated rings. The van der Waals surface area contributed by atoms with Crippen LogP contribution < -0.4 is 9.47 Å². The molecule has 0 aliphatic carbocycles. The van der Waals surface area contributed by atoms with Crippen LogP contribution in [-0.4, -0.2) is 0 Å². The van der Waals surface area contributed by atoms with Crippen molar-refractivity contribution >= 4 is 0 Å². The average molecular weight is 326 g/mol. The van der Waals surface area contributed by atoms with E-state index in [1.54, 1.807) is 48.5 Å². The highest BCUT2D eigenvalue weighted by atomic mass is 19.1. The third-order valence-corrected chi connectivity index (χ3v) is 3.54. The Bertz CT molecular complexity index is 847. The van der Waals surface area contributed by atoms with Crippen molar-refractivity contribution < 1.29 is 18.3 Å². The number of benzene rings is 3. The number of rotatable bonds is 5. The van der Waals surface area contributed by atoms with Crippen LogP contribution in [0.25, 0.3) is 0 Å². The Labute approximate surface area is 139 Å². The van der Waals surface area contributed by atoms with Crippen LogP contribution in [-0.2, 0) is 6.42 Å². The van der Waals surface area contributed by atoms with Crippen molar-refractivity contribution in [1.29, 1.82) is 0 Å². The monoisotopic (exact) mass is 326 g/mol. The number of aryl methyl sites for hydroxylation is 1. The molecule has 4 heteroatoms. The van der Waals surface area contributed by atoms with Gasteiger partial charge in [-0.25, -0.2) is 8.78 Å². The first-order valence-corrected chi connectivity index (χ1v) is 7.65. The average Bonchev–Trinajstić information content (AvgIpc) is 2.59. The Morgan fingerprint density at radius 3 is 1.88 bits per heavy atom. The summed E-state index contributed by atoms with van der Waals surface area (Å²) >= 11 is 0. The summed E-state index contributed by atoms with van der Waals surface area (Å²) in [5.41, 5.74) is 0.902. The van der Waals surface area contributed by atoms with Crippen LogP contribution in [0.2, 0.25) is 0 Å². The SMILES string of the molecule is CCc1ccc(Oc2ccccc2F)cc1Oc1ccccc1F. The molecule has 0 aliphatic heterocycles. The number of ether oxygens (including phenoxy) is 2. The van der Waals surface area contributed by atoms with Gasteiger partial charge in [-0.1, -0.05) is 37.3 Å². The van der Waals surface area contributed by atoms with Gasteiger partial charge in [0.15, 0.2) is 23.1 Å². The van der Waals surface area contributed by atoms with E-state index in [0.717, 1.165) is 5.56 Å². The van der Waals surface area contributed by atoms with Crippen molar-refractivity contribution in [2.45, 2.75) is 13.3 Å². The van der Waals surface area contributed by atoms with E-state index in [1.165, 1.54) is 12.1 Å². The summed E-state index contributed by atoms with van der Waals surface area (Å²) < 4.78 is 38.8. The summed E-state index contributed by atoms with van der Waals surface area (Å²) in [6.07, 6.45) is 0.712. The Morgan fingerprint density at radius 2 is 1.29 bits per heavy atom. The van der Waals surface area contributed by atoms with Gasteiger partial charge in [-0.15, -0.1) is 0 Å². The molecule has 0 saturated carbocycles. The maximum absolute atomic E-state index is 13.8. The van der Waals surface area contributed by atoms with Crippen molar-refractivity contribution in [1.82, 2.24) is 0 Å². The molecule has 0 heterocycles. The smallest absolute Gasteiger partial charge is 0.165 e. The molecule has 0 spiro atoms. The summed E-state index contributed by atoms with van der Waals surface area (Å²) in [6.45, 7) is 1.97. The second-order valence-electron chi connectivity index (χ2n) is 5.19. The van der Waals surface area contributed by atoms with Gasteiger partial charge in [0.1, 0.15) is 11.5 Å². The Hall–Kier alpha value is -2.88. The highest BCUT2D eigenvalue weighted by Crippen LogP contribution is 2.33. The molecule has 0 aliphatic rings. The first kappa shape index (κ1) is 16.0. The number of halogens is 2. The molecule has 24 heavy (non-hydrogen) atoms. The number of para-hydroxylation sites is 2. The van der Waals surface area contributed by atoms with Gasteiger partial charge in [0.2, 0.25) is 0 Å². The summed E-state index contributed by atoms with van der Waals surface area (Å²) in [7, 11) is 0. The summed E-state index contributed by atoms with van der Waals surface area (Å²) in [6, 6.07) is 17.5. The Morgan fingerprint density at radius 1 is 0.708 bits per heavy atom. The molecule has 0 amide bonds. The van der Waals surface area contributed by atoms with Crippen molar-refractivity contribution in [3.05, 3.63) is 83.9 Å². The second kappa shape index (κ2) is 7.13. The molecule has 0 radical (unpaired) electrons. The van der Waals surface area contributed by atoms with Crippen molar-refractivity contribution in [2.75, 3.05) is 0 Å². The maximum Gasteiger partial charge on any atom is 0.165 e. The minimum absolute atomic E-state index is 0.124. The maximum atomic E-state index is 13.8. The van der Waals surface area contributed by atoms with Crippen LogP contribution >= 0.6 is 0 Å². The third kappa shape index (κ3) is 3.54. The highest BCUT2D eigenvalue weighted by Gasteiger charge is 2.10. The van der Waals surface area contributed by atoms with Crippen LogP contribution in [0.5, 0.6) is 23.0 Å². The predicted molar refractivity (Wildman–Crippen MR) is 88.8 cm³/mol. The van der Waals surface area contributed by atoms with Gasteiger partial charge >= 0.3 is 0 Å². The molecule has 3 rings (SSSR count). The van der Waals surface area contributed by atoms with Crippen molar-refractivity contribution in [2.24, 2.45) is 0 Å².